The van der Waals surface area contributed by atoms with E-state index < -0.39 is 7.41 Å². The lowest BCUT2D eigenvalue weighted by atomic mass is 10.3. The number of benzene rings is 3. The standard InChI is InChI=1S/C23H27NP/c1-2-3-13-20-24-25(21-14-7-4-8-15-21,22-16-9-5-10-17-22)23-18-11-6-12-19-23/h4-12,14-19,24H,2-3,13,20H2,1H3/q+1. The second kappa shape index (κ2) is 8.94. The number of hydrogen-bond donors (Lipinski definition) is 1. The molecular weight excluding hydrogens is 321 g/mol. The van der Waals surface area contributed by atoms with Crippen LogP contribution in [0.5, 0.6) is 0 Å². The Bertz CT molecular complexity index is 644. The quantitative estimate of drug-likeness (QED) is 0.461. The zero-order valence-electron chi connectivity index (χ0n) is 14.9. The smallest absolute Gasteiger partial charge is 0.178 e. The Morgan fingerprint density at radius 2 is 1.00 bits per heavy atom. The highest BCUT2D eigenvalue weighted by Gasteiger charge is 2.45. The molecule has 128 valence electrons. The highest BCUT2D eigenvalue weighted by molar-refractivity contribution is 7.94. The maximum atomic E-state index is 4.03. The Morgan fingerprint density at radius 3 is 1.36 bits per heavy atom. The summed E-state index contributed by atoms with van der Waals surface area (Å²) in [6.07, 6.45) is 3.73. The predicted octanol–water partition coefficient (Wildman–Crippen LogP) is 4.68. The molecule has 3 rings (SSSR count). The van der Waals surface area contributed by atoms with Gasteiger partial charge in [-0.15, -0.1) is 0 Å². The van der Waals surface area contributed by atoms with E-state index >= 15 is 0 Å². The lowest BCUT2D eigenvalue weighted by Crippen LogP contribution is -2.40. The van der Waals surface area contributed by atoms with Crippen LogP contribution in [0.1, 0.15) is 26.2 Å². The van der Waals surface area contributed by atoms with E-state index in [4.69, 9.17) is 0 Å². The number of rotatable bonds is 8. The van der Waals surface area contributed by atoms with Crippen molar-refractivity contribution in [3.05, 3.63) is 91.0 Å². The van der Waals surface area contributed by atoms with Gasteiger partial charge in [-0.1, -0.05) is 74.4 Å². The van der Waals surface area contributed by atoms with Crippen molar-refractivity contribution in [2.24, 2.45) is 0 Å². The van der Waals surface area contributed by atoms with Crippen LogP contribution in [0.15, 0.2) is 91.0 Å². The van der Waals surface area contributed by atoms with Gasteiger partial charge in [-0.2, -0.15) is 5.09 Å². The molecule has 0 saturated heterocycles. The van der Waals surface area contributed by atoms with E-state index in [1.807, 2.05) is 0 Å². The molecule has 0 aliphatic heterocycles. The topological polar surface area (TPSA) is 12.0 Å². The summed E-state index contributed by atoms with van der Waals surface area (Å²) in [5.41, 5.74) is 0. The molecule has 0 bridgehead atoms. The first-order chi connectivity index (χ1) is 12.4. The van der Waals surface area contributed by atoms with Crippen LogP contribution in [0, 0.1) is 0 Å². The van der Waals surface area contributed by atoms with Crippen molar-refractivity contribution >= 4 is 23.3 Å². The van der Waals surface area contributed by atoms with Gasteiger partial charge in [-0.3, -0.25) is 0 Å². The number of hydrogen-bond acceptors (Lipinski definition) is 1. The highest BCUT2D eigenvalue weighted by Crippen LogP contribution is 2.50. The van der Waals surface area contributed by atoms with Crippen molar-refractivity contribution in [1.29, 1.82) is 0 Å². The van der Waals surface area contributed by atoms with E-state index in [9.17, 15) is 0 Å². The Hall–Kier alpha value is -1.95. The molecule has 0 aliphatic rings. The average molecular weight is 348 g/mol. The van der Waals surface area contributed by atoms with E-state index in [-0.39, 0.29) is 0 Å². The second-order valence-electron chi connectivity index (χ2n) is 6.29. The second-order valence-corrected chi connectivity index (χ2v) is 9.50. The van der Waals surface area contributed by atoms with Gasteiger partial charge in [0.15, 0.2) is 7.41 Å². The van der Waals surface area contributed by atoms with Gasteiger partial charge in [0, 0.05) is 6.54 Å². The zero-order chi connectivity index (χ0) is 17.4. The third-order valence-electron chi connectivity index (χ3n) is 4.56. The molecule has 0 amide bonds. The summed E-state index contributed by atoms with van der Waals surface area (Å²) in [5, 5.41) is 8.21. The monoisotopic (exact) mass is 348 g/mol. The molecule has 0 spiro atoms. The van der Waals surface area contributed by atoms with Crippen LogP contribution >= 0.6 is 7.41 Å². The average Bonchev–Trinajstić information content (AvgIpc) is 2.70. The van der Waals surface area contributed by atoms with Crippen LogP contribution in [-0.2, 0) is 0 Å². The van der Waals surface area contributed by atoms with Crippen LogP contribution in [0.3, 0.4) is 0 Å². The van der Waals surface area contributed by atoms with Crippen molar-refractivity contribution in [3.8, 4) is 0 Å². The van der Waals surface area contributed by atoms with Gasteiger partial charge in [0.2, 0.25) is 0 Å². The first kappa shape index (κ1) is 17.9. The molecular formula is C23H27NP+. The van der Waals surface area contributed by atoms with Crippen molar-refractivity contribution in [2.75, 3.05) is 6.54 Å². The lowest BCUT2D eigenvalue weighted by Gasteiger charge is -2.27. The van der Waals surface area contributed by atoms with Crippen molar-refractivity contribution in [3.63, 3.8) is 0 Å². The summed E-state index contributed by atoms with van der Waals surface area (Å²) in [6.45, 7) is 3.30. The minimum absolute atomic E-state index is 1.04. The van der Waals surface area contributed by atoms with E-state index in [1.165, 1.54) is 35.2 Å². The van der Waals surface area contributed by atoms with Crippen LogP contribution < -0.4 is 21.0 Å². The molecule has 0 unspecified atom stereocenters. The fraction of sp³-hybridized carbons (Fsp3) is 0.217. The minimum Gasteiger partial charge on any atom is -0.178 e. The summed E-state index contributed by atoms with van der Waals surface area (Å²) in [5.74, 6) is 0. The zero-order valence-corrected chi connectivity index (χ0v) is 15.8. The highest BCUT2D eigenvalue weighted by atomic mass is 31.2. The third-order valence-corrected chi connectivity index (χ3v) is 8.48. The largest absolute Gasteiger partial charge is 0.178 e. The molecule has 0 aromatic heterocycles. The van der Waals surface area contributed by atoms with Gasteiger partial charge in [-0.25, -0.2) is 0 Å². The normalized spacial score (nSPS) is 11.4. The summed E-state index contributed by atoms with van der Waals surface area (Å²) in [6, 6.07) is 32.9. The maximum absolute atomic E-state index is 4.03. The molecule has 3 aromatic carbocycles. The first-order valence-corrected chi connectivity index (χ1v) is 11.0. The predicted molar refractivity (Wildman–Crippen MR) is 113 cm³/mol. The van der Waals surface area contributed by atoms with Gasteiger partial charge >= 0.3 is 0 Å². The van der Waals surface area contributed by atoms with E-state index in [1.54, 1.807) is 0 Å². The molecule has 2 heteroatoms. The van der Waals surface area contributed by atoms with Crippen LogP contribution in [-0.4, -0.2) is 6.54 Å². The summed E-state index contributed by atoms with van der Waals surface area (Å²) < 4.78 is 0. The van der Waals surface area contributed by atoms with Gasteiger partial charge in [0.25, 0.3) is 0 Å². The lowest BCUT2D eigenvalue weighted by molar-refractivity contribution is 0.705. The fourth-order valence-corrected chi connectivity index (χ4v) is 7.09. The molecule has 0 heterocycles. The van der Waals surface area contributed by atoms with Crippen molar-refractivity contribution < 1.29 is 0 Å². The Morgan fingerprint density at radius 1 is 0.600 bits per heavy atom. The molecule has 1 N–H and O–H groups in total. The van der Waals surface area contributed by atoms with E-state index in [0.717, 1.165) is 6.54 Å². The minimum atomic E-state index is -1.84. The molecule has 0 saturated carbocycles. The first-order valence-electron chi connectivity index (χ1n) is 9.19. The fourth-order valence-electron chi connectivity index (χ4n) is 3.30. The Balaban J connectivity index is 2.13. The molecule has 0 atom stereocenters. The van der Waals surface area contributed by atoms with Gasteiger partial charge in [0.05, 0.1) is 0 Å². The van der Waals surface area contributed by atoms with Crippen molar-refractivity contribution in [2.45, 2.75) is 26.2 Å². The van der Waals surface area contributed by atoms with Gasteiger partial charge in [-0.05, 0) is 42.8 Å². The summed E-state index contributed by atoms with van der Waals surface area (Å²) in [4.78, 5) is 0. The maximum Gasteiger partial charge on any atom is 0.178 e. The van der Waals surface area contributed by atoms with E-state index in [0.29, 0.717) is 0 Å². The molecule has 0 aliphatic carbocycles. The van der Waals surface area contributed by atoms with Gasteiger partial charge in [0.1, 0.15) is 15.9 Å². The SMILES string of the molecule is CCCCCN[P+](c1ccccc1)(c1ccccc1)c1ccccc1. The van der Waals surface area contributed by atoms with Crippen LogP contribution in [0.25, 0.3) is 0 Å². The molecule has 25 heavy (non-hydrogen) atoms. The Kier molecular flexibility index (Phi) is 6.39. The van der Waals surface area contributed by atoms with Crippen LogP contribution in [0.2, 0.25) is 0 Å². The van der Waals surface area contributed by atoms with Gasteiger partial charge < -0.3 is 0 Å². The third kappa shape index (κ3) is 4.00. The summed E-state index contributed by atoms with van der Waals surface area (Å²) >= 11 is 0. The Labute approximate surface area is 152 Å². The molecule has 3 aromatic rings. The van der Waals surface area contributed by atoms with E-state index in [2.05, 4.69) is 103 Å². The number of nitrogens with one attached hydrogen (secondary N) is 1. The summed E-state index contributed by atoms with van der Waals surface area (Å²) in [7, 11) is -1.84. The molecule has 0 fully saturated rings. The molecule has 1 nitrogen and oxygen atoms in total. The van der Waals surface area contributed by atoms with Crippen LogP contribution in [0.4, 0.5) is 0 Å². The van der Waals surface area contributed by atoms with Crippen molar-refractivity contribution in [1.82, 2.24) is 5.09 Å². The molecule has 0 radical (unpaired) electrons. The number of unbranched alkanes of at least 4 members (excludes halogenated alkanes) is 2.